The van der Waals surface area contributed by atoms with E-state index in [1.54, 1.807) is 12.2 Å². The van der Waals surface area contributed by atoms with E-state index in [1.807, 2.05) is 46.3 Å². The zero-order valence-corrected chi connectivity index (χ0v) is 28.7. The van der Waals surface area contributed by atoms with Crippen molar-refractivity contribution in [3.63, 3.8) is 0 Å². The average Bonchev–Trinajstić information content (AvgIpc) is 3.74. The van der Waals surface area contributed by atoms with E-state index in [4.69, 9.17) is 9.47 Å². The van der Waals surface area contributed by atoms with Gasteiger partial charge in [0.25, 0.3) is 0 Å². The Bertz CT molecular complexity index is 1560. The molecule has 248 valence electrons. The first-order valence-electron chi connectivity index (χ1n) is 16.1. The molecule has 4 nitrogen and oxygen atoms in total. The van der Waals surface area contributed by atoms with E-state index in [0.717, 1.165) is 0 Å². The van der Waals surface area contributed by atoms with Crippen LogP contribution in [-0.4, -0.2) is 52.6 Å². The molecule has 2 heterocycles. The van der Waals surface area contributed by atoms with Gasteiger partial charge in [-0.1, -0.05) is 0 Å². The van der Waals surface area contributed by atoms with Crippen molar-refractivity contribution in [2.45, 2.75) is 26.7 Å². The maximum atomic E-state index is 17.2. The van der Waals surface area contributed by atoms with Crippen molar-refractivity contribution in [3.8, 4) is 0 Å². The second kappa shape index (κ2) is 13.4. The van der Waals surface area contributed by atoms with Crippen LogP contribution in [0.2, 0.25) is 0 Å². The van der Waals surface area contributed by atoms with Crippen molar-refractivity contribution in [1.82, 2.24) is 0 Å². The minimum absolute atomic E-state index is 0.176. The molecule has 0 aromatic heterocycles. The van der Waals surface area contributed by atoms with Gasteiger partial charge in [0.05, 0.1) is 0 Å². The van der Waals surface area contributed by atoms with Crippen LogP contribution in [0.4, 0.5) is 28.9 Å². The number of rotatable bonds is 14. The Morgan fingerprint density at radius 3 is 1.45 bits per heavy atom. The van der Waals surface area contributed by atoms with E-state index in [-0.39, 0.29) is 29.9 Å². The summed E-state index contributed by atoms with van der Waals surface area (Å²) in [6.45, 7) is 15.3. The van der Waals surface area contributed by atoms with Gasteiger partial charge >= 0.3 is 280 Å². The molecule has 47 heavy (non-hydrogen) atoms. The van der Waals surface area contributed by atoms with Crippen LogP contribution in [-0.2, 0) is 26.1 Å². The van der Waals surface area contributed by atoms with E-state index in [1.165, 1.54) is 24.3 Å². The number of nitrogens with zero attached hydrogens (tertiary/aromatic N) is 2. The Labute approximate surface area is 278 Å². The first kappa shape index (κ1) is 33.7. The fraction of sp³-hybridized carbons (Fsp3) is 0.368. The van der Waals surface area contributed by atoms with Gasteiger partial charge in [-0.25, -0.2) is 0 Å². The molecule has 0 radical (unpaired) electrons. The predicted octanol–water partition coefficient (Wildman–Crippen LogP) is 7.09. The van der Waals surface area contributed by atoms with Crippen LogP contribution in [0, 0.1) is 34.1 Å². The number of hydrogen-bond donors (Lipinski definition) is 0. The topological polar surface area (TPSA) is 24.9 Å². The van der Waals surface area contributed by atoms with Gasteiger partial charge in [-0.3, -0.25) is 0 Å². The number of benzene rings is 2. The SMILES string of the molecule is C=CCOCC1(C)CN(c2ccc(F)[c]([Ti]([C]3=CC=CC3)([C]3=CC=CC3)[c]3c(F)ccc(N4CC(C)(COCC=C)C4)c3F)c2F)C1. The monoisotopic (exact) mass is 682 g/mol. The van der Waals surface area contributed by atoms with Crippen molar-refractivity contribution in [2.24, 2.45) is 10.8 Å². The van der Waals surface area contributed by atoms with E-state index in [2.05, 4.69) is 27.0 Å². The second-order valence-electron chi connectivity index (χ2n) is 13.9. The van der Waals surface area contributed by atoms with Gasteiger partial charge in [-0.2, -0.15) is 0 Å². The van der Waals surface area contributed by atoms with Crippen molar-refractivity contribution < 1.29 is 43.6 Å². The molecule has 0 atom stereocenters. The normalized spacial score (nSPS) is 19.4. The molecule has 2 saturated heterocycles. The number of halogens is 4. The molecule has 4 aliphatic rings. The minimum atomic E-state index is -4.94. The third-order valence-electron chi connectivity index (χ3n) is 9.74. The molecule has 9 heteroatoms. The number of allylic oxidation sites excluding steroid dienone is 8. The van der Waals surface area contributed by atoms with Crippen LogP contribution < -0.4 is 17.5 Å². The molecular formula is C38H42F4N2O2Ti. The maximum absolute atomic E-state index is 17.2. The first-order valence-corrected chi connectivity index (χ1v) is 19.3. The molecular weight excluding hydrogens is 640 g/mol. The molecule has 0 saturated carbocycles. The number of ether oxygens (including phenoxy) is 2. The molecule has 2 fully saturated rings. The molecule has 0 amide bonds. The zero-order valence-electron chi connectivity index (χ0n) is 27.1. The van der Waals surface area contributed by atoms with Crippen LogP contribution in [0.15, 0.2) is 93.8 Å². The van der Waals surface area contributed by atoms with Crippen molar-refractivity contribution in [1.29, 1.82) is 0 Å². The molecule has 0 unspecified atom stereocenters. The average molecular weight is 683 g/mol. The summed E-state index contributed by atoms with van der Waals surface area (Å²) >= 11 is -4.94. The van der Waals surface area contributed by atoms with Gasteiger partial charge in [0.2, 0.25) is 0 Å². The summed E-state index contributed by atoms with van der Waals surface area (Å²) in [7, 11) is 0. The molecule has 0 spiro atoms. The quantitative estimate of drug-likeness (QED) is 0.0920. The van der Waals surface area contributed by atoms with E-state index < -0.39 is 39.9 Å². The molecule has 2 aliphatic heterocycles. The van der Waals surface area contributed by atoms with Gasteiger partial charge in [0.1, 0.15) is 0 Å². The van der Waals surface area contributed by atoms with Crippen LogP contribution in [0.25, 0.3) is 0 Å². The second-order valence-corrected chi connectivity index (χ2v) is 19.8. The Kier molecular flexibility index (Phi) is 9.61. The molecule has 2 aromatic rings. The van der Waals surface area contributed by atoms with Crippen molar-refractivity contribution in [2.75, 3.05) is 62.4 Å². The van der Waals surface area contributed by atoms with Crippen LogP contribution >= 0.6 is 0 Å². The summed E-state index contributed by atoms with van der Waals surface area (Å²) in [5.41, 5.74) is 0.0529. The summed E-state index contributed by atoms with van der Waals surface area (Å²) in [6.07, 6.45) is 15.2. The number of hydrogen-bond acceptors (Lipinski definition) is 4. The summed E-state index contributed by atoms with van der Waals surface area (Å²) in [5.74, 6) is -3.02. The molecule has 0 N–H and O–H groups in total. The van der Waals surface area contributed by atoms with E-state index in [9.17, 15) is 0 Å². The molecule has 2 aromatic carbocycles. The third kappa shape index (κ3) is 6.03. The van der Waals surface area contributed by atoms with Gasteiger partial charge in [-0.15, -0.1) is 0 Å². The first-order chi connectivity index (χ1) is 22.6. The van der Waals surface area contributed by atoms with Gasteiger partial charge in [0, 0.05) is 0 Å². The zero-order chi connectivity index (χ0) is 33.4. The van der Waals surface area contributed by atoms with Crippen molar-refractivity contribution in [3.05, 3.63) is 117 Å². The Hall–Kier alpha value is -3.17. The van der Waals surface area contributed by atoms with Gasteiger partial charge < -0.3 is 0 Å². The Balaban J connectivity index is 1.47. The standard InChI is InChI=1S/2C14H16F2NO.2C5H5.Ti/c2*1-3-6-18-10-14(2)8-17(9-14)13-5-4-11(15)7-12(13)16;2*1-2-4-5-3-1;/h2*3-5H,1,6,8-10H2,2H3;2*1-3H,4H2;. The fourth-order valence-electron chi connectivity index (χ4n) is 7.73. The summed E-state index contributed by atoms with van der Waals surface area (Å²) < 4.78 is 79.9. The molecule has 0 bridgehead atoms. The van der Waals surface area contributed by atoms with E-state index in [0.29, 0.717) is 73.2 Å². The molecule has 2 aliphatic carbocycles. The van der Waals surface area contributed by atoms with E-state index >= 15 is 17.6 Å². The Morgan fingerprint density at radius 1 is 0.702 bits per heavy atom. The predicted molar refractivity (Wildman–Crippen MR) is 178 cm³/mol. The van der Waals surface area contributed by atoms with Crippen LogP contribution in [0.3, 0.4) is 0 Å². The van der Waals surface area contributed by atoms with Crippen LogP contribution in [0.1, 0.15) is 26.7 Å². The summed E-state index contributed by atoms with van der Waals surface area (Å²) in [5, 5.41) is 0. The van der Waals surface area contributed by atoms with Gasteiger partial charge in [-0.05, 0) is 0 Å². The van der Waals surface area contributed by atoms with Crippen molar-refractivity contribution >= 4 is 19.1 Å². The molecule has 6 rings (SSSR count). The van der Waals surface area contributed by atoms with Gasteiger partial charge in [0.15, 0.2) is 0 Å². The summed E-state index contributed by atoms with van der Waals surface area (Å²) in [4.78, 5) is 3.73. The number of anilines is 2. The summed E-state index contributed by atoms with van der Waals surface area (Å²) in [6, 6.07) is 5.44. The Morgan fingerprint density at radius 2 is 1.11 bits per heavy atom. The third-order valence-corrected chi connectivity index (χ3v) is 17.7. The fourth-order valence-corrected chi connectivity index (χ4v) is 16.0. The van der Waals surface area contributed by atoms with Crippen LogP contribution in [0.5, 0.6) is 0 Å².